The van der Waals surface area contributed by atoms with Crippen molar-refractivity contribution in [2.75, 3.05) is 0 Å². The van der Waals surface area contributed by atoms with Gasteiger partial charge in [-0.15, -0.1) is 0 Å². The fourth-order valence-electron chi connectivity index (χ4n) is 1.49. The molecule has 0 atom stereocenters. The summed E-state index contributed by atoms with van der Waals surface area (Å²) in [6, 6.07) is 13.2. The number of rotatable bonds is 1. The Balaban J connectivity index is 2.49. The van der Waals surface area contributed by atoms with Crippen molar-refractivity contribution in [2.45, 2.75) is 6.92 Å². The van der Waals surface area contributed by atoms with Gasteiger partial charge in [0.1, 0.15) is 5.75 Å². The standard InChI is InChI=1S/C13H11ClO/c1-9-2-4-10(5-3-9)11-6-12(14)8-13(15)7-11/h2-8,15H,1H3. The monoisotopic (exact) mass is 218 g/mol. The highest BCUT2D eigenvalue weighted by atomic mass is 35.5. The number of phenols is 1. The van der Waals surface area contributed by atoms with Gasteiger partial charge in [0.15, 0.2) is 0 Å². The second kappa shape index (κ2) is 3.95. The lowest BCUT2D eigenvalue weighted by Crippen LogP contribution is -1.79. The van der Waals surface area contributed by atoms with E-state index in [1.165, 1.54) is 11.6 Å². The molecule has 0 aromatic heterocycles. The van der Waals surface area contributed by atoms with Crippen LogP contribution in [0.3, 0.4) is 0 Å². The number of hydrogen-bond donors (Lipinski definition) is 1. The van der Waals surface area contributed by atoms with Crippen molar-refractivity contribution in [2.24, 2.45) is 0 Å². The third-order valence-corrected chi connectivity index (χ3v) is 2.49. The molecule has 1 N–H and O–H groups in total. The lowest BCUT2D eigenvalue weighted by atomic mass is 10.0. The van der Waals surface area contributed by atoms with Crippen molar-refractivity contribution in [3.63, 3.8) is 0 Å². The van der Waals surface area contributed by atoms with Crippen molar-refractivity contribution in [3.05, 3.63) is 53.1 Å². The topological polar surface area (TPSA) is 20.2 Å². The number of hydrogen-bond acceptors (Lipinski definition) is 1. The highest BCUT2D eigenvalue weighted by molar-refractivity contribution is 6.31. The maximum absolute atomic E-state index is 9.43. The Morgan fingerprint density at radius 1 is 0.933 bits per heavy atom. The molecule has 2 heteroatoms. The summed E-state index contributed by atoms with van der Waals surface area (Å²) in [5.41, 5.74) is 3.20. The van der Waals surface area contributed by atoms with Crippen LogP contribution in [-0.4, -0.2) is 5.11 Å². The van der Waals surface area contributed by atoms with Crippen molar-refractivity contribution in [1.82, 2.24) is 0 Å². The van der Waals surface area contributed by atoms with E-state index in [-0.39, 0.29) is 5.75 Å². The number of phenolic OH excluding ortho intramolecular Hbond substituents is 1. The Labute approximate surface area is 94.0 Å². The first-order valence-electron chi connectivity index (χ1n) is 4.72. The summed E-state index contributed by atoms with van der Waals surface area (Å²) in [7, 11) is 0. The van der Waals surface area contributed by atoms with E-state index in [9.17, 15) is 5.11 Å². The van der Waals surface area contributed by atoms with Crippen LogP contribution in [0, 0.1) is 6.92 Å². The summed E-state index contributed by atoms with van der Waals surface area (Å²) in [4.78, 5) is 0. The molecule has 0 saturated heterocycles. The molecule has 76 valence electrons. The van der Waals surface area contributed by atoms with Gasteiger partial charge in [-0.05, 0) is 36.2 Å². The molecule has 0 bridgehead atoms. The second-order valence-electron chi connectivity index (χ2n) is 3.56. The predicted molar refractivity (Wildman–Crippen MR) is 63.3 cm³/mol. The van der Waals surface area contributed by atoms with Crippen LogP contribution < -0.4 is 0 Å². The van der Waals surface area contributed by atoms with E-state index in [1.54, 1.807) is 6.07 Å². The molecule has 0 amide bonds. The summed E-state index contributed by atoms with van der Waals surface area (Å²) in [6.45, 7) is 2.04. The van der Waals surface area contributed by atoms with Gasteiger partial charge in [0.05, 0.1) is 0 Å². The Hall–Kier alpha value is -1.47. The maximum Gasteiger partial charge on any atom is 0.117 e. The lowest BCUT2D eigenvalue weighted by Gasteiger charge is -2.04. The van der Waals surface area contributed by atoms with Crippen molar-refractivity contribution in [1.29, 1.82) is 0 Å². The zero-order valence-electron chi connectivity index (χ0n) is 8.37. The van der Waals surface area contributed by atoms with Crippen LogP contribution in [0.15, 0.2) is 42.5 Å². The average Bonchev–Trinajstić information content (AvgIpc) is 2.17. The largest absolute Gasteiger partial charge is 0.508 e. The van der Waals surface area contributed by atoms with Crippen molar-refractivity contribution < 1.29 is 5.11 Å². The molecule has 0 heterocycles. The summed E-state index contributed by atoms with van der Waals surface area (Å²) in [5, 5.41) is 9.97. The zero-order valence-corrected chi connectivity index (χ0v) is 9.12. The molecule has 15 heavy (non-hydrogen) atoms. The highest BCUT2D eigenvalue weighted by Gasteiger charge is 2.01. The van der Waals surface area contributed by atoms with E-state index in [0.717, 1.165) is 11.1 Å². The number of benzene rings is 2. The van der Waals surface area contributed by atoms with Crippen LogP contribution in [0.25, 0.3) is 11.1 Å². The maximum atomic E-state index is 9.43. The van der Waals surface area contributed by atoms with Gasteiger partial charge >= 0.3 is 0 Å². The Kier molecular flexibility index (Phi) is 2.65. The molecule has 0 aliphatic carbocycles. The molecule has 2 aromatic carbocycles. The first kappa shape index (κ1) is 10.1. The fraction of sp³-hybridized carbons (Fsp3) is 0.0769. The quantitative estimate of drug-likeness (QED) is 0.767. The lowest BCUT2D eigenvalue weighted by molar-refractivity contribution is 0.475. The van der Waals surface area contributed by atoms with Gasteiger partial charge in [0.25, 0.3) is 0 Å². The third kappa shape index (κ3) is 2.31. The van der Waals surface area contributed by atoms with E-state index < -0.39 is 0 Å². The number of aryl methyl sites for hydroxylation is 1. The van der Waals surface area contributed by atoms with Gasteiger partial charge in [0, 0.05) is 5.02 Å². The Bertz CT molecular complexity index is 454. The molecule has 2 aromatic rings. The molecular formula is C13H11ClO. The molecule has 2 rings (SSSR count). The smallest absolute Gasteiger partial charge is 0.117 e. The predicted octanol–water partition coefficient (Wildman–Crippen LogP) is 4.02. The first-order chi connectivity index (χ1) is 7.15. The minimum Gasteiger partial charge on any atom is -0.508 e. The van der Waals surface area contributed by atoms with Crippen LogP contribution in [0.2, 0.25) is 5.02 Å². The molecule has 0 saturated carbocycles. The number of aromatic hydroxyl groups is 1. The van der Waals surface area contributed by atoms with Gasteiger partial charge in [-0.1, -0.05) is 41.4 Å². The summed E-state index contributed by atoms with van der Waals surface area (Å²) < 4.78 is 0. The average molecular weight is 219 g/mol. The summed E-state index contributed by atoms with van der Waals surface area (Å²) in [5.74, 6) is 0.193. The van der Waals surface area contributed by atoms with E-state index in [2.05, 4.69) is 0 Å². The van der Waals surface area contributed by atoms with Gasteiger partial charge in [0.2, 0.25) is 0 Å². The first-order valence-corrected chi connectivity index (χ1v) is 5.09. The normalized spacial score (nSPS) is 10.3. The number of halogens is 1. The van der Waals surface area contributed by atoms with Gasteiger partial charge in [-0.25, -0.2) is 0 Å². The third-order valence-electron chi connectivity index (χ3n) is 2.27. The SMILES string of the molecule is Cc1ccc(-c2cc(O)cc(Cl)c2)cc1. The van der Waals surface area contributed by atoms with E-state index in [4.69, 9.17) is 11.6 Å². The van der Waals surface area contributed by atoms with Gasteiger partial charge < -0.3 is 5.11 Å². The Morgan fingerprint density at radius 2 is 1.60 bits per heavy atom. The van der Waals surface area contributed by atoms with Crippen molar-refractivity contribution >= 4 is 11.6 Å². The highest BCUT2D eigenvalue weighted by Crippen LogP contribution is 2.27. The van der Waals surface area contributed by atoms with Crippen LogP contribution >= 0.6 is 11.6 Å². The van der Waals surface area contributed by atoms with E-state index >= 15 is 0 Å². The fourth-order valence-corrected chi connectivity index (χ4v) is 1.72. The molecule has 0 spiro atoms. The Morgan fingerprint density at radius 3 is 2.20 bits per heavy atom. The molecule has 0 aliphatic heterocycles. The van der Waals surface area contributed by atoms with Gasteiger partial charge in [-0.2, -0.15) is 0 Å². The minimum atomic E-state index is 0.193. The van der Waals surface area contributed by atoms with Crippen LogP contribution in [0.1, 0.15) is 5.56 Å². The zero-order chi connectivity index (χ0) is 10.8. The molecule has 1 nitrogen and oxygen atoms in total. The second-order valence-corrected chi connectivity index (χ2v) is 4.00. The van der Waals surface area contributed by atoms with E-state index in [0.29, 0.717) is 5.02 Å². The molecule has 0 radical (unpaired) electrons. The molecule has 0 aliphatic rings. The summed E-state index contributed by atoms with van der Waals surface area (Å²) >= 11 is 5.87. The molecule has 0 unspecified atom stereocenters. The minimum absolute atomic E-state index is 0.193. The van der Waals surface area contributed by atoms with E-state index in [1.807, 2.05) is 37.3 Å². The van der Waals surface area contributed by atoms with Gasteiger partial charge in [-0.3, -0.25) is 0 Å². The van der Waals surface area contributed by atoms with Crippen molar-refractivity contribution in [3.8, 4) is 16.9 Å². The summed E-state index contributed by atoms with van der Waals surface area (Å²) in [6.07, 6.45) is 0. The molecular weight excluding hydrogens is 208 g/mol. The van der Waals surface area contributed by atoms with Crippen LogP contribution in [0.4, 0.5) is 0 Å². The molecule has 0 fully saturated rings. The van der Waals surface area contributed by atoms with Crippen LogP contribution in [0.5, 0.6) is 5.75 Å². The van der Waals surface area contributed by atoms with Crippen LogP contribution in [-0.2, 0) is 0 Å².